The van der Waals surface area contributed by atoms with E-state index in [2.05, 4.69) is 35.1 Å². The van der Waals surface area contributed by atoms with Crippen molar-refractivity contribution in [2.45, 2.75) is 32.4 Å². The predicted octanol–water partition coefficient (Wildman–Crippen LogP) is 2.75. The van der Waals surface area contributed by atoms with Crippen LogP contribution in [0.15, 0.2) is 35.7 Å². The summed E-state index contributed by atoms with van der Waals surface area (Å²) in [7, 11) is 0. The van der Waals surface area contributed by atoms with Crippen molar-refractivity contribution in [1.82, 2.24) is 10.6 Å². The zero-order valence-electron chi connectivity index (χ0n) is 12.2. The van der Waals surface area contributed by atoms with Gasteiger partial charge in [0.25, 0.3) is 5.91 Å². The molecule has 0 aliphatic carbocycles. The van der Waals surface area contributed by atoms with E-state index in [9.17, 15) is 4.79 Å². The van der Waals surface area contributed by atoms with Gasteiger partial charge in [-0.25, -0.2) is 0 Å². The Labute approximate surface area is 129 Å². The van der Waals surface area contributed by atoms with Crippen molar-refractivity contribution >= 4 is 17.2 Å². The number of carbonyl (C=O) groups is 1. The summed E-state index contributed by atoms with van der Waals surface area (Å²) in [4.78, 5) is 13.6. The molecule has 0 saturated heterocycles. The van der Waals surface area contributed by atoms with E-state index in [1.807, 2.05) is 18.2 Å². The summed E-state index contributed by atoms with van der Waals surface area (Å²) < 4.78 is 0. The second kappa shape index (κ2) is 6.41. The molecule has 2 N–H and O–H groups in total. The first-order valence-electron chi connectivity index (χ1n) is 7.38. The molecule has 1 unspecified atom stereocenters. The van der Waals surface area contributed by atoms with Crippen LogP contribution >= 0.6 is 11.3 Å². The van der Waals surface area contributed by atoms with Crippen molar-refractivity contribution in [2.75, 3.05) is 6.54 Å². The van der Waals surface area contributed by atoms with E-state index in [-0.39, 0.29) is 11.9 Å². The average Bonchev–Trinajstić information content (AvgIpc) is 2.99. The van der Waals surface area contributed by atoms with Crippen LogP contribution < -0.4 is 10.6 Å². The summed E-state index contributed by atoms with van der Waals surface area (Å²) in [5.41, 5.74) is 3.37. The van der Waals surface area contributed by atoms with Gasteiger partial charge in [0, 0.05) is 29.4 Å². The molecule has 0 radical (unpaired) electrons. The first-order valence-corrected chi connectivity index (χ1v) is 8.26. The Morgan fingerprint density at radius 2 is 2.29 bits per heavy atom. The highest BCUT2D eigenvalue weighted by Crippen LogP contribution is 2.16. The second-order valence-electron chi connectivity index (χ2n) is 5.57. The number of benzene rings is 1. The van der Waals surface area contributed by atoms with Crippen LogP contribution in [0.5, 0.6) is 0 Å². The van der Waals surface area contributed by atoms with Crippen LogP contribution in [0.3, 0.4) is 0 Å². The molecule has 1 amide bonds. The van der Waals surface area contributed by atoms with Gasteiger partial charge in [0.1, 0.15) is 0 Å². The fraction of sp³-hybridized carbons (Fsp3) is 0.353. The Hall–Kier alpha value is -1.65. The summed E-state index contributed by atoms with van der Waals surface area (Å²) in [6.07, 6.45) is 1.93. The van der Waals surface area contributed by atoms with Gasteiger partial charge in [-0.05, 0) is 54.6 Å². The fourth-order valence-corrected chi connectivity index (χ4v) is 3.55. The lowest BCUT2D eigenvalue weighted by atomic mass is 9.98. The zero-order valence-corrected chi connectivity index (χ0v) is 13.0. The van der Waals surface area contributed by atoms with Gasteiger partial charge in [-0.2, -0.15) is 0 Å². The third-order valence-corrected chi connectivity index (χ3v) is 4.72. The fourth-order valence-electron chi connectivity index (χ4n) is 2.71. The molecule has 3 nitrogen and oxygen atoms in total. The van der Waals surface area contributed by atoms with Crippen molar-refractivity contribution < 1.29 is 4.79 Å². The van der Waals surface area contributed by atoms with E-state index in [4.69, 9.17) is 0 Å². The van der Waals surface area contributed by atoms with Gasteiger partial charge in [-0.3, -0.25) is 4.79 Å². The van der Waals surface area contributed by atoms with Crippen LogP contribution in [0.1, 0.15) is 33.3 Å². The van der Waals surface area contributed by atoms with Crippen LogP contribution in [-0.4, -0.2) is 18.5 Å². The maximum atomic E-state index is 12.3. The number of hydrogen-bond donors (Lipinski definition) is 2. The smallest absolute Gasteiger partial charge is 0.251 e. The minimum absolute atomic E-state index is 0.0208. The highest BCUT2D eigenvalue weighted by molar-refractivity contribution is 7.09. The van der Waals surface area contributed by atoms with E-state index in [1.165, 1.54) is 16.0 Å². The summed E-state index contributed by atoms with van der Waals surface area (Å²) >= 11 is 1.73. The average molecular weight is 300 g/mol. The lowest BCUT2D eigenvalue weighted by Crippen LogP contribution is -2.34. The van der Waals surface area contributed by atoms with E-state index < -0.39 is 0 Å². The molecule has 2 aromatic rings. The van der Waals surface area contributed by atoms with Gasteiger partial charge in [0.15, 0.2) is 0 Å². The van der Waals surface area contributed by atoms with Crippen molar-refractivity contribution in [1.29, 1.82) is 0 Å². The van der Waals surface area contributed by atoms with E-state index in [1.54, 1.807) is 11.3 Å². The first kappa shape index (κ1) is 14.3. The molecule has 1 aromatic heterocycles. The van der Waals surface area contributed by atoms with Gasteiger partial charge in [0.05, 0.1) is 0 Å². The Morgan fingerprint density at radius 3 is 3.10 bits per heavy atom. The van der Waals surface area contributed by atoms with E-state index in [0.717, 1.165) is 31.5 Å². The number of nitrogens with one attached hydrogen (secondary N) is 2. The standard InChI is InChI=1S/C17H20N2OS/c1-12(9-16-3-2-8-21-16)19-17(20)14-5-4-13-6-7-18-11-15(13)10-14/h2-5,8,10,12,18H,6-7,9,11H2,1H3,(H,19,20). The van der Waals surface area contributed by atoms with Crippen molar-refractivity contribution in [3.8, 4) is 0 Å². The molecule has 1 aliphatic heterocycles. The Balaban J connectivity index is 1.64. The quantitative estimate of drug-likeness (QED) is 0.911. The van der Waals surface area contributed by atoms with Crippen molar-refractivity contribution in [3.63, 3.8) is 0 Å². The normalized spacial score (nSPS) is 15.3. The van der Waals surface area contributed by atoms with Crippen LogP contribution in [0.25, 0.3) is 0 Å². The van der Waals surface area contributed by atoms with E-state index in [0.29, 0.717) is 0 Å². The lowest BCUT2D eigenvalue weighted by molar-refractivity contribution is 0.0940. The minimum Gasteiger partial charge on any atom is -0.349 e. The summed E-state index contributed by atoms with van der Waals surface area (Å²) in [6, 6.07) is 10.4. The second-order valence-corrected chi connectivity index (χ2v) is 6.60. The molecule has 1 aliphatic rings. The number of amides is 1. The summed E-state index contributed by atoms with van der Waals surface area (Å²) in [6.45, 7) is 3.94. The highest BCUT2D eigenvalue weighted by Gasteiger charge is 2.14. The molecule has 21 heavy (non-hydrogen) atoms. The van der Waals surface area contributed by atoms with Crippen LogP contribution in [0.2, 0.25) is 0 Å². The van der Waals surface area contributed by atoms with E-state index >= 15 is 0 Å². The van der Waals surface area contributed by atoms with Gasteiger partial charge in [0.2, 0.25) is 0 Å². The number of carbonyl (C=O) groups excluding carboxylic acids is 1. The zero-order chi connectivity index (χ0) is 14.7. The molecule has 110 valence electrons. The molecule has 0 saturated carbocycles. The predicted molar refractivity (Wildman–Crippen MR) is 86.8 cm³/mol. The molecule has 2 heterocycles. The molecular formula is C17H20N2OS. The third kappa shape index (κ3) is 3.52. The maximum absolute atomic E-state index is 12.3. The Bertz CT molecular complexity index is 622. The number of hydrogen-bond acceptors (Lipinski definition) is 3. The van der Waals surface area contributed by atoms with Crippen molar-refractivity contribution in [2.24, 2.45) is 0 Å². The molecule has 4 heteroatoms. The summed E-state index contributed by atoms with van der Waals surface area (Å²) in [5, 5.41) is 8.51. The molecule has 0 fully saturated rings. The molecule has 1 aromatic carbocycles. The highest BCUT2D eigenvalue weighted by atomic mass is 32.1. The molecular weight excluding hydrogens is 280 g/mol. The molecule has 0 spiro atoms. The maximum Gasteiger partial charge on any atom is 0.251 e. The van der Waals surface area contributed by atoms with Crippen LogP contribution in [0, 0.1) is 0 Å². The number of rotatable bonds is 4. The number of fused-ring (bicyclic) bond motifs is 1. The van der Waals surface area contributed by atoms with Crippen LogP contribution in [-0.2, 0) is 19.4 Å². The largest absolute Gasteiger partial charge is 0.349 e. The van der Waals surface area contributed by atoms with Gasteiger partial charge < -0.3 is 10.6 Å². The van der Waals surface area contributed by atoms with Crippen molar-refractivity contribution in [3.05, 3.63) is 57.3 Å². The summed E-state index contributed by atoms with van der Waals surface area (Å²) in [5.74, 6) is 0.0208. The minimum atomic E-state index is 0.0208. The molecule has 0 bridgehead atoms. The monoisotopic (exact) mass is 300 g/mol. The molecule has 3 rings (SSSR count). The Morgan fingerprint density at radius 1 is 1.38 bits per heavy atom. The third-order valence-electron chi connectivity index (χ3n) is 3.82. The van der Waals surface area contributed by atoms with Gasteiger partial charge in [-0.15, -0.1) is 11.3 Å². The van der Waals surface area contributed by atoms with Gasteiger partial charge >= 0.3 is 0 Å². The lowest BCUT2D eigenvalue weighted by Gasteiger charge is -2.18. The molecule has 1 atom stereocenters. The number of thiophene rings is 1. The first-order chi connectivity index (χ1) is 10.2. The van der Waals surface area contributed by atoms with Gasteiger partial charge in [-0.1, -0.05) is 12.1 Å². The van der Waals surface area contributed by atoms with Crippen LogP contribution in [0.4, 0.5) is 0 Å². The SMILES string of the molecule is CC(Cc1cccs1)NC(=O)c1ccc2c(c1)CNCC2. The topological polar surface area (TPSA) is 41.1 Å². The Kier molecular flexibility index (Phi) is 4.36.